The van der Waals surface area contributed by atoms with Gasteiger partial charge in [-0.3, -0.25) is 0 Å². The highest BCUT2D eigenvalue weighted by Crippen LogP contribution is 2.44. The minimum Gasteiger partial charge on any atom is -0.367 e. The van der Waals surface area contributed by atoms with Gasteiger partial charge < -0.3 is 10.1 Å². The minimum atomic E-state index is -0.200. The van der Waals surface area contributed by atoms with Crippen LogP contribution in [-0.2, 0) is 11.3 Å². The largest absolute Gasteiger partial charge is 0.367 e. The highest BCUT2D eigenvalue weighted by molar-refractivity contribution is 5.01. The summed E-state index contributed by atoms with van der Waals surface area (Å²) in [5.74, 6) is 0. The molecule has 5 nitrogen and oxygen atoms in total. The van der Waals surface area contributed by atoms with Crippen molar-refractivity contribution in [3.63, 3.8) is 0 Å². The fraction of sp³-hybridized carbons (Fsp3) is 0.833. The lowest BCUT2D eigenvalue weighted by atomic mass is 9.95. The van der Waals surface area contributed by atoms with Crippen LogP contribution in [0.3, 0.4) is 0 Å². The molecule has 1 N–H and O–H groups in total. The summed E-state index contributed by atoms with van der Waals surface area (Å²) in [4.78, 5) is 0. The first-order valence-electron chi connectivity index (χ1n) is 6.09. The number of hydrogen-bond donors (Lipinski definition) is 1. The molecule has 1 aliphatic rings. The van der Waals surface area contributed by atoms with Crippen molar-refractivity contribution >= 4 is 0 Å². The molecule has 0 amide bonds. The van der Waals surface area contributed by atoms with Gasteiger partial charge in [0.1, 0.15) is 0 Å². The fourth-order valence-electron chi connectivity index (χ4n) is 2.67. The summed E-state index contributed by atoms with van der Waals surface area (Å²) in [6.45, 7) is 9.23. The van der Waals surface area contributed by atoms with E-state index in [9.17, 15) is 0 Å². The van der Waals surface area contributed by atoms with Crippen LogP contribution >= 0.6 is 0 Å². The number of rotatable bonds is 3. The zero-order valence-electron chi connectivity index (χ0n) is 11.3. The Kier molecular flexibility index (Phi) is 2.99. The monoisotopic (exact) mass is 238 g/mol. The van der Waals surface area contributed by atoms with Crippen LogP contribution in [0.2, 0.25) is 0 Å². The van der Waals surface area contributed by atoms with E-state index in [4.69, 9.17) is 4.74 Å². The Morgan fingerprint density at radius 2 is 2.18 bits per heavy atom. The average molecular weight is 238 g/mol. The lowest BCUT2D eigenvalue weighted by molar-refractivity contribution is -0.0738. The predicted molar refractivity (Wildman–Crippen MR) is 65.7 cm³/mol. The third-order valence-corrected chi connectivity index (χ3v) is 3.26. The molecule has 1 unspecified atom stereocenters. The molecule has 0 radical (unpaired) electrons. The number of nitrogens with zero attached hydrogens (tertiary/aromatic N) is 3. The van der Waals surface area contributed by atoms with Gasteiger partial charge in [0.25, 0.3) is 0 Å². The Hall–Kier alpha value is -0.940. The first kappa shape index (κ1) is 12.5. The van der Waals surface area contributed by atoms with Crippen LogP contribution in [0.5, 0.6) is 0 Å². The van der Waals surface area contributed by atoms with E-state index >= 15 is 0 Å². The molecule has 1 aromatic heterocycles. The van der Waals surface area contributed by atoms with Gasteiger partial charge in [-0.1, -0.05) is 5.21 Å². The summed E-state index contributed by atoms with van der Waals surface area (Å²) in [5, 5.41) is 11.5. The van der Waals surface area contributed by atoms with Crippen LogP contribution in [0.25, 0.3) is 0 Å². The molecule has 1 aromatic rings. The Bertz CT molecular complexity index is 397. The van der Waals surface area contributed by atoms with E-state index in [2.05, 4.69) is 43.3 Å². The molecule has 0 aliphatic carbocycles. The Morgan fingerprint density at radius 3 is 2.71 bits per heavy atom. The molecule has 2 rings (SSSR count). The summed E-state index contributed by atoms with van der Waals surface area (Å²) in [7, 11) is 1.91. The van der Waals surface area contributed by atoms with E-state index in [0.29, 0.717) is 0 Å². The highest BCUT2D eigenvalue weighted by atomic mass is 16.5. The third-order valence-electron chi connectivity index (χ3n) is 3.26. The van der Waals surface area contributed by atoms with Crippen molar-refractivity contribution in [3.05, 3.63) is 11.9 Å². The molecule has 0 aromatic carbocycles. The molecule has 5 heteroatoms. The van der Waals surface area contributed by atoms with Crippen molar-refractivity contribution < 1.29 is 4.74 Å². The van der Waals surface area contributed by atoms with Crippen molar-refractivity contribution in [2.75, 3.05) is 7.05 Å². The van der Waals surface area contributed by atoms with Crippen LogP contribution in [-0.4, -0.2) is 33.2 Å². The van der Waals surface area contributed by atoms with E-state index in [0.717, 1.165) is 18.7 Å². The van der Waals surface area contributed by atoms with E-state index < -0.39 is 0 Å². The van der Waals surface area contributed by atoms with Gasteiger partial charge in [-0.25, -0.2) is 4.68 Å². The molecule has 0 bridgehead atoms. The number of ether oxygens (including phenoxy) is 1. The molecular weight excluding hydrogens is 216 g/mol. The summed E-state index contributed by atoms with van der Waals surface area (Å²) >= 11 is 0. The lowest BCUT2D eigenvalue weighted by Crippen LogP contribution is -2.31. The van der Waals surface area contributed by atoms with E-state index in [1.807, 2.05) is 17.9 Å². The first-order valence-corrected chi connectivity index (χ1v) is 6.09. The second-order valence-corrected chi connectivity index (χ2v) is 5.91. The third kappa shape index (κ3) is 2.50. The van der Waals surface area contributed by atoms with Gasteiger partial charge in [0, 0.05) is 13.0 Å². The van der Waals surface area contributed by atoms with Gasteiger partial charge in [-0.15, -0.1) is 5.10 Å². The average Bonchev–Trinajstić information content (AvgIpc) is 2.68. The summed E-state index contributed by atoms with van der Waals surface area (Å²) < 4.78 is 8.01. The molecule has 0 saturated carbocycles. The highest BCUT2D eigenvalue weighted by Gasteiger charge is 2.47. The van der Waals surface area contributed by atoms with Crippen LogP contribution in [0, 0.1) is 0 Å². The van der Waals surface area contributed by atoms with Crippen molar-refractivity contribution in [3.8, 4) is 0 Å². The molecule has 1 saturated heterocycles. The molecule has 1 fully saturated rings. The Labute approximate surface area is 103 Å². The van der Waals surface area contributed by atoms with Gasteiger partial charge >= 0.3 is 0 Å². The van der Waals surface area contributed by atoms with Gasteiger partial charge in [-0.2, -0.15) is 0 Å². The van der Waals surface area contributed by atoms with Crippen molar-refractivity contribution in [1.82, 2.24) is 20.3 Å². The van der Waals surface area contributed by atoms with Crippen LogP contribution in [0.15, 0.2) is 6.20 Å². The standard InChI is InChI=1S/C12H22N4O/c1-11(2)6-10(12(3,4)17-11)16-8-9(7-13-5)14-15-16/h8,10,13H,6-7H2,1-5H3. The van der Waals surface area contributed by atoms with Gasteiger partial charge in [0.2, 0.25) is 0 Å². The normalized spacial score (nSPS) is 26.3. The van der Waals surface area contributed by atoms with Crippen LogP contribution < -0.4 is 5.32 Å². The zero-order valence-corrected chi connectivity index (χ0v) is 11.3. The Balaban J connectivity index is 2.21. The smallest absolute Gasteiger partial charge is 0.0964 e. The maximum Gasteiger partial charge on any atom is 0.0964 e. The maximum atomic E-state index is 6.07. The number of nitrogens with one attached hydrogen (secondary N) is 1. The molecule has 2 heterocycles. The molecule has 17 heavy (non-hydrogen) atoms. The zero-order chi connectivity index (χ0) is 12.7. The first-order chi connectivity index (χ1) is 7.84. The van der Waals surface area contributed by atoms with E-state index in [1.165, 1.54) is 0 Å². The molecule has 1 aliphatic heterocycles. The van der Waals surface area contributed by atoms with Gasteiger partial charge in [0.15, 0.2) is 0 Å². The summed E-state index contributed by atoms with van der Waals surface area (Å²) in [5.41, 5.74) is 0.671. The minimum absolute atomic E-state index is 0.0940. The van der Waals surface area contributed by atoms with E-state index in [-0.39, 0.29) is 17.2 Å². The van der Waals surface area contributed by atoms with Gasteiger partial charge in [0.05, 0.1) is 29.1 Å². The fourth-order valence-corrected chi connectivity index (χ4v) is 2.67. The molecule has 1 atom stereocenters. The van der Waals surface area contributed by atoms with Crippen LogP contribution in [0.4, 0.5) is 0 Å². The quantitative estimate of drug-likeness (QED) is 0.867. The van der Waals surface area contributed by atoms with Crippen molar-refractivity contribution in [2.24, 2.45) is 0 Å². The molecule has 96 valence electrons. The Morgan fingerprint density at radius 1 is 1.47 bits per heavy atom. The van der Waals surface area contributed by atoms with Crippen molar-refractivity contribution in [1.29, 1.82) is 0 Å². The number of aromatic nitrogens is 3. The SMILES string of the molecule is CNCc1cn(C2CC(C)(C)OC2(C)C)nn1. The summed E-state index contributed by atoms with van der Waals surface area (Å²) in [6, 6.07) is 0.246. The predicted octanol–water partition coefficient (Wildman–Crippen LogP) is 1.52. The van der Waals surface area contributed by atoms with Crippen LogP contribution in [0.1, 0.15) is 45.9 Å². The number of hydrogen-bond acceptors (Lipinski definition) is 4. The molecule has 0 spiro atoms. The lowest BCUT2D eigenvalue weighted by Gasteiger charge is -2.26. The summed E-state index contributed by atoms with van der Waals surface area (Å²) in [6.07, 6.45) is 2.97. The van der Waals surface area contributed by atoms with E-state index in [1.54, 1.807) is 0 Å². The van der Waals surface area contributed by atoms with Crippen molar-refractivity contribution in [2.45, 2.75) is 57.9 Å². The van der Waals surface area contributed by atoms with Gasteiger partial charge in [-0.05, 0) is 34.7 Å². The molecular formula is C12H22N4O. The second-order valence-electron chi connectivity index (χ2n) is 5.91. The topological polar surface area (TPSA) is 52.0 Å². The maximum absolute atomic E-state index is 6.07. The second kappa shape index (κ2) is 4.07.